The highest BCUT2D eigenvalue weighted by Crippen LogP contribution is 2.17. The lowest BCUT2D eigenvalue weighted by molar-refractivity contribution is -0.129. The highest BCUT2D eigenvalue weighted by atomic mass is 35.5. The minimum Gasteiger partial charge on any atom is -0.517 e. The first-order chi connectivity index (χ1) is 8.28. The van der Waals surface area contributed by atoms with Crippen LogP contribution < -0.4 is 0 Å². The summed E-state index contributed by atoms with van der Waals surface area (Å²) < 4.78 is 5.22. The molecule has 0 saturated carbocycles. The van der Waals surface area contributed by atoms with Gasteiger partial charge in [0.1, 0.15) is 0 Å². The molecule has 0 spiro atoms. The summed E-state index contributed by atoms with van der Waals surface area (Å²) in [7, 11) is -1.88. The van der Waals surface area contributed by atoms with Gasteiger partial charge in [0.15, 0.2) is 0 Å². The molecule has 0 radical (unpaired) electrons. The van der Waals surface area contributed by atoms with Gasteiger partial charge in [-0.3, -0.25) is 0 Å². The summed E-state index contributed by atoms with van der Waals surface area (Å²) in [6.45, 7) is 5.77. The van der Waals surface area contributed by atoms with E-state index in [1.54, 1.807) is 24.3 Å². The summed E-state index contributed by atoms with van der Waals surface area (Å²) in [6, 6.07) is 6.80. The van der Waals surface area contributed by atoms with Crippen molar-refractivity contribution in [2.24, 2.45) is 0 Å². The second-order valence-electron chi connectivity index (χ2n) is 4.89. The second-order valence-corrected chi connectivity index (χ2v) is 9.75. The Balaban J connectivity index is 2.61. The van der Waals surface area contributed by atoms with Crippen LogP contribution in [0.4, 0.5) is 0 Å². The van der Waals surface area contributed by atoms with Crippen LogP contribution in [0.5, 0.6) is 0 Å². The molecule has 0 amide bonds. The maximum atomic E-state index is 11.4. The Labute approximate surface area is 113 Å². The number of hydrogen-bond acceptors (Lipinski definition) is 3. The number of carbonyl (C=O) groups excluding carboxylic acids is 1. The first-order valence-electron chi connectivity index (χ1n) is 5.62. The van der Waals surface area contributed by atoms with Crippen molar-refractivity contribution in [2.45, 2.75) is 25.7 Å². The Hall–Kier alpha value is -1.10. The van der Waals surface area contributed by atoms with E-state index in [1.807, 2.05) is 19.6 Å². The molecule has 1 N–H and O–H groups in total. The van der Waals surface area contributed by atoms with E-state index in [4.69, 9.17) is 16.0 Å². The molecule has 1 aromatic carbocycles. The average molecular weight is 285 g/mol. The van der Waals surface area contributed by atoms with Crippen molar-refractivity contribution in [2.75, 3.05) is 0 Å². The number of hydrogen-bond donors (Lipinski definition) is 1. The largest absolute Gasteiger partial charge is 0.517 e. The summed E-state index contributed by atoms with van der Waals surface area (Å²) >= 11 is 5.75. The third kappa shape index (κ3) is 5.49. The minimum absolute atomic E-state index is 0.415. The van der Waals surface area contributed by atoms with Crippen molar-refractivity contribution >= 4 is 25.9 Å². The van der Waals surface area contributed by atoms with Gasteiger partial charge in [-0.15, -0.1) is 0 Å². The zero-order chi connectivity index (χ0) is 13.8. The molecule has 0 fully saturated rings. The van der Waals surface area contributed by atoms with Gasteiger partial charge in [-0.05, 0) is 43.4 Å². The number of aliphatic hydroxyl groups is 1. The van der Waals surface area contributed by atoms with E-state index in [0.717, 1.165) is 0 Å². The standard InChI is InChI=1S/C13H17ClO3Si/c1-18(2,3)17-13(16)9-8-12(15)10-4-6-11(14)7-5-10/h4-9,12,15H,1-3H3/b9-8+. The third-order valence-electron chi connectivity index (χ3n) is 2.03. The number of halogens is 1. The number of aliphatic hydroxyl groups excluding tert-OH is 1. The fraction of sp³-hybridized carbons (Fsp3) is 0.308. The fourth-order valence-electron chi connectivity index (χ4n) is 1.28. The van der Waals surface area contributed by atoms with Crippen molar-refractivity contribution < 1.29 is 14.3 Å². The van der Waals surface area contributed by atoms with Crippen LogP contribution in [0.2, 0.25) is 24.7 Å². The van der Waals surface area contributed by atoms with Gasteiger partial charge in [0.05, 0.1) is 6.10 Å². The summed E-state index contributed by atoms with van der Waals surface area (Å²) in [6.07, 6.45) is 1.83. The predicted octanol–water partition coefficient (Wildman–Crippen LogP) is 3.31. The van der Waals surface area contributed by atoms with E-state index in [-0.39, 0.29) is 0 Å². The molecule has 0 bridgehead atoms. The summed E-state index contributed by atoms with van der Waals surface area (Å²) in [5, 5.41) is 10.4. The summed E-state index contributed by atoms with van der Waals surface area (Å²) in [4.78, 5) is 11.4. The van der Waals surface area contributed by atoms with Gasteiger partial charge < -0.3 is 9.53 Å². The van der Waals surface area contributed by atoms with Crippen molar-refractivity contribution in [3.05, 3.63) is 47.0 Å². The molecule has 0 heterocycles. The molecule has 5 heteroatoms. The van der Waals surface area contributed by atoms with Crippen molar-refractivity contribution in [1.82, 2.24) is 0 Å². The molecule has 0 aliphatic rings. The quantitative estimate of drug-likeness (QED) is 0.682. The first-order valence-corrected chi connectivity index (χ1v) is 9.41. The van der Waals surface area contributed by atoms with Gasteiger partial charge in [-0.25, -0.2) is 4.79 Å². The van der Waals surface area contributed by atoms with Crippen LogP contribution in [0, 0.1) is 0 Å². The predicted molar refractivity (Wildman–Crippen MR) is 75.0 cm³/mol. The van der Waals surface area contributed by atoms with E-state index < -0.39 is 20.4 Å². The molecule has 0 aromatic heterocycles. The maximum Gasteiger partial charge on any atom is 0.317 e. The van der Waals surface area contributed by atoms with Crippen molar-refractivity contribution in [3.8, 4) is 0 Å². The normalized spacial score (nSPS) is 13.6. The van der Waals surface area contributed by atoms with Crippen LogP contribution in [-0.2, 0) is 9.22 Å². The molecular formula is C13H17ClO3Si. The number of benzene rings is 1. The summed E-state index contributed by atoms with van der Waals surface area (Å²) in [5.41, 5.74) is 0.677. The van der Waals surface area contributed by atoms with Gasteiger partial charge in [-0.1, -0.05) is 23.7 Å². The number of carbonyl (C=O) groups is 1. The van der Waals surface area contributed by atoms with Gasteiger partial charge in [-0.2, -0.15) is 0 Å². The molecule has 1 aromatic rings. The lowest BCUT2D eigenvalue weighted by atomic mass is 10.1. The third-order valence-corrected chi connectivity index (χ3v) is 3.10. The second kappa shape index (κ2) is 6.18. The molecule has 1 unspecified atom stereocenters. The van der Waals surface area contributed by atoms with Gasteiger partial charge in [0.25, 0.3) is 0 Å². The molecule has 0 aliphatic carbocycles. The van der Waals surface area contributed by atoms with E-state index >= 15 is 0 Å². The first kappa shape index (κ1) is 15.0. The van der Waals surface area contributed by atoms with Gasteiger partial charge in [0, 0.05) is 11.1 Å². The maximum absolute atomic E-state index is 11.4. The molecule has 18 heavy (non-hydrogen) atoms. The van der Waals surface area contributed by atoms with Crippen LogP contribution in [0.3, 0.4) is 0 Å². The van der Waals surface area contributed by atoms with E-state index in [2.05, 4.69) is 0 Å². The minimum atomic E-state index is -1.88. The molecule has 1 atom stereocenters. The topological polar surface area (TPSA) is 46.5 Å². The molecular weight excluding hydrogens is 268 g/mol. The Kier molecular flexibility index (Phi) is 5.13. The van der Waals surface area contributed by atoms with E-state index in [9.17, 15) is 9.90 Å². The molecule has 0 aliphatic heterocycles. The molecule has 98 valence electrons. The molecule has 3 nitrogen and oxygen atoms in total. The highest BCUT2D eigenvalue weighted by Gasteiger charge is 2.18. The lowest BCUT2D eigenvalue weighted by Crippen LogP contribution is -2.28. The van der Waals surface area contributed by atoms with Crippen LogP contribution in [0.25, 0.3) is 0 Å². The van der Waals surface area contributed by atoms with Gasteiger partial charge in [0.2, 0.25) is 8.32 Å². The Bertz CT molecular complexity index is 435. The highest BCUT2D eigenvalue weighted by molar-refractivity contribution is 6.71. The average Bonchev–Trinajstić information content (AvgIpc) is 2.24. The smallest absolute Gasteiger partial charge is 0.317 e. The Morgan fingerprint density at radius 1 is 1.33 bits per heavy atom. The Morgan fingerprint density at radius 3 is 2.39 bits per heavy atom. The molecule has 1 rings (SSSR count). The van der Waals surface area contributed by atoms with Crippen molar-refractivity contribution in [1.29, 1.82) is 0 Å². The molecule has 0 saturated heterocycles. The van der Waals surface area contributed by atoms with Crippen LogP contribution >= 0.6 is 11.6 Å². The zero-order valence-electron chi connectivity index (χ0n) is 10.7. The van der Waals surface area contributed by atoms with E-state index in [1.165, 1.54) is 12.2 Å². The van der Waals surface area contributed by atoms with Gasteiger partial charge >= 0.3 is 5.97 Å². The van der Waals surface area contributed by atoms with Crippen molar-refractivity contribution in [3.63, 3.8) is 0 Å². The van der Waals surface area contributed by atoms with E-state index in [0.29, 0.717) is 10.6 Å². The fourth-order valence-corrected chi connectivity index (χ4v) is 2.07. The lowest BCUT2D eigenvalue weighted by Gasteiger charge is -2.15. The Morgan fingerprint density at radius 2 is 1.89 bits per heavy atom. The van der Waals surface area contributed by atoms with Crippen LogP contribution in [-0.4, -0.2) is 19.4 Å². The number of rotatable bonds is 4. The monoisotopic (exact) mass is 284 g/mol. The van der Waals surface area contributed by atoms with Crippen LogP contribution in [0.1, 0.15) is 11.7 Å². The zero-order valence-corrected chi connectivity index (χ0v) is 12.4. The summed E-state index contributed by atoms with van der Waals surface area (Å²) in [5.74, 6) is -0.415. The SMILES string of the molecule is C[Si](C)(C)OC(=O)/C=C/C(O)c1ccc(Cl)cc1. The van der Waals surface area contributed by atoms with Crippen LogP contribution in [0.15, 0.2) is 36.4 Å².